The van der Waals surface area contributed by atoms with Crippen molar-refractivity contribution in [3.63, 3.8) is 0 Å². The lowest BCUT2D eigenvalue weighted by molar-refractivity contribution is -0.115. The van der Waals surface area contributed by atoms with Crippen LogP contribution in [0.15, 0.2) is 48.1 Å². The predicted molar refractivity (Wildman–Crippen MR) is 107 cm³/mol. The number of amides is 1. The molecule has 0 saturated heterocycles. The summed E-state index contributed by atoms with van der Waals surface area (Å²) >= 11 is 1.42. The Morgan fingerprint density at radius 1 is 1.26 bits per heavy atom. The highest BCUT2D eigenvalue weighted by atomic mass is 32.1. The van der Waals surface area contributed by atoms with Gasteiger partial charge >= 0.3 is 0 Å². The van der Waals surface area contributed by atoms with Crippen molar-refractivity contribution in [1.29, 1.82) is 0 Å². The molecule has 0 radical (unpaired) electrons. The number of hydrogen-bond acceptors (Lipinski definition) is 5. The van der Waals surface area contributed by atoms with Gasteiger partial charge in [0.15, 0.2) is 5.13 Å². The van der Waals surface area contributed by atoms with Crippen molar-refractivity contribution >= 4 is 22.4 Å². The van der Waals surface area contributed by atoms with Crippen molar-refractivity contribution in [1.82, 2.24) is 9.97 Å². The molecule has 5 nitrogen and oxygen atoms in total. The lowest BCUT2D eigenvalue weighted by atomic mass is 9.93. The molecular formula is C21H21N3O2S. The number of anilines is 1. The standard InChI is InChI=1S/C21H21N3O2S/c1-21(2)8-5-16-11-14(3-4-18(16)26-21)12-19(25)24-20-23-17(13-27-20)15-6-9-22-10-7-15/h3-4,6-7,9-11,13H,5,8,12H2,1-2H3,(H,23,24,25). The molecule has 1 amide bonds. The molecule has 138 valence electrons. The van der Waals surface area contributed by atoms with Gasteiger partial charge in [0.05, 0.1) is 12.1 Å². The van der Waals surface area contributed by atoms with Crippen molar-refractivity contribution in [3.8, 4) is 17.0 Å². The fourth-order valence-electron chi connectivity index (χ4n) is 3.16. The molecule has 1 aliphatic rings. The molecule has 0 atom stereocenters. The number of thiazole rings is 1. The van der Waals surface area contributed by atoms with Gasteiger partial charge in [-0.05, 0) is 56.0 Å². The Morgan fingerprint density at radius 3 is 2.89 bits per heavy atom. The molecule has 1 aliphatic heterocycles. The average molecular weight is 379 g/mol. The Morgan fingerprint density at radius 2 is 2.07 bits per heavy atom. The second-order valence-electron chi connectivity index (χ2n) is 7.30. The molecule has 0 unspecified atom stereocenters. The number of hydrogen-bond donors (Lipinski definition) is 1. The third kappa shape index (κ3) is 4.17. The molecule has 4 rings (SSSR count). The number of nitrogens with zero attached hydrogens (tertiary/aromatic N) is 2. The van der Waals surface area contributed by atoms with Gasteiger partial charge in [-0.3, -0.25) is 9.78 Å². The van der Waals surface area contributed by atoms with E-state index in [4.69, 9.17) is 4.74 Å². The fraction of sp³-hybridized carbons (Fsp3) is 0.286. The monoisotopic (exact) mass is 379 g/mol. The maximum absolute atomic E-state index is 12.4. The van der Waals surface area contributed by atoms with Crippen LogP contribution in [0.5, 0.6) is 5.75 Å². The van der Waals surface area contributed by atoms with E-state index < -0.39 is 0 Å². The van der Waals surface area contributed by atoms with Crippen molar-refractivity contribution in [2.45, 2.75) is 38.7 Å². The van der Waals surface area contributed by atoms with Gasteiger partial charge in [0.2, 0.25) is 5.91 Å². The van der Waals surface area contributed by atoms with Gasteiger partial charge in [-0.25, -0.2) is 4.98 Å². The molecule has 3 heterocycles. The van der Waals surface area contributed by atoms with Gasteiger partial charge in [-0.1, -0.05) is 12.1 Å². The highest BCUT2D eigenvalue weighted by Crippen LogP contribution is 2.33. The topological polar surface area (TPSA) is 64.1 Å². The second-order valence-corrected chi connectivity index (χ2v) is 8.16. The van der Waals surface area contributed by atoms with E-state index in [9.17, 15) is 4.79 Å². The molecule has 6 heteroatoms. The summed E-state index contributed by atoms with van der Waals surface area (Å²) in [6.45, 7) is 4.21. The predicted octanol–water partition coefficient (Wildman–Crippen LogP) is 4.49. The summed E-state index contributed by atoms with van der Waals surface area (Å²) < 4.78 is 6.01. The molecular weight excluding hydrogens is 358 g/mol. The molecule has 0 spiro atoms. The highest BCUT2D eigenvalue weighted by molar-refractivity contribution is 7.14. The van der Waals surface area contributed by atoms with Crippen LogP contribution in [0.25, 0.3) is 11.3 Å². The number of ether oxygens (including phenoxy) is 1. The van der Waals surface area contributed by atoms with Crippen LogP contribution >= 0.6 is 11.3 Å². The number of carbonyl (C=O) groups is 1. The maximum atomic E-state index is 12.4. The number of rotatable bonds is 4. The number of pyridine rings is 1. The first kappa shape index (κ1) is 17.7. The molecule has 0 bridgehead atoms. The fourth-order valence-corrected chi connectivity index (χ4v) is 3.89. The minimum absolute atomic E-state index is 0.0670. The van der Waals surface area contributed by atoms with Gasteiger partial charge < -0.3 is 10.1 Å². The summed E-state index contributed by atoms with van der Waals surface area (Å²) in [5.41, 5.74) is 3.86. The number of fused-ring (bicyclic) bond motifs is 1. The van der Waals surface area contributed by atoms with Crippen molar-refractivity contribution in [2.24, 2.45) is 0 Å². The van der Waals surface area contributed by atoms with Crippen molar-refractivity contribution in [3.05, 3.63) is 59.2 Å². The van der Waals surface area contributed by atoms with E-state index in [0.717, 1.165) is 35.4 Å². The Balaban J connectivity index is 1.41. The molecule has 1 N–H and O–H groups in total. The lowest BCUT2D eigenvalue weighted by Crippen LogP contribution is -2.32. The van der Waals surface area contributed by atoms with E-state index in [0.29, 0.717) is 11.6 Å². The van der Waals surface area contributed by atoms with Gasteiger partial charge in [0.25, 0.3) is 0 Å². The van der Waals surface area contributed by atoms with Crippen LogP contribution in [0.3, 0.4) is 0 Å². The van der Waals surface area contributed by atoms with Crippen LogP contribution in [0, 0.1) is 0 Å². The van der Waals surface area contributed by atoms with Gasteiger partial charge in [-0.2, -0.15) is 0 Å². The summed E-state index contributed by atoms with van der Waals surface area (Å²) in [6.07, 6.45) is 5.73. The molecule has 3 aromatic rings. The third-order valence-electron chi connectivity index (χ3n) is 4.60. The van der Waals surface area contributed by atoms with Gasteiger partial charge in [0.1, 0.15) is 11.4 Å². The summed E-state index contributed by atoms with van der Waals surface area (Å²) in [7, 11) is 0. The lowest BCUT2D eigenvalue weighted by Gasteiger charge is -2.32. The van der Waals surface area contributed by atoms with E-state index in [1.165, 1.54) is 16.9 Å². The number of aromatic nitrogens is 2. The zero-order valence-electron chi connectivity index (χ0n) is 15.4. The Kier molecular flexibility index (Phi) is 4.66. The van der Waals surface area contributed by atoms with Crippen molar-refractivity contribution in [2.75, 3.05) is 5.32 Å². The summed E-state index contributed by atoms with van der Waals surface area (Å²) in [5, 5.41) is 5.44. The first-order valence-corrected chi connectivity index (χ1v) is 9.83. The molecule has 0 aliphatic carbocycles. The van der Waals surface area contributed by atoms with Crippen LogP contribution < -0.4 is 10.1 Å². The third-order valence-corrected chi connectivity index (χ3v) is 5.36. The van der Waals surface area contributed by atoms with E-state index in [-0.39, 0.29) is 11.5 Å². The van der Waals surface area contributed by atoms with Crippen LogP contribution in [0.1, 0.15) is 31.4 Å². The van der Waals surface area contributed by atoms with Crippen LogP contribution in [-0.4, -0.2) is 21.5 Å². The van der Waals surface area contributed by atoms with Gasteiger partial charge in [-0.15, -0.1) is 11.3 Å². The highest BCUT2D eigenvalue weighted by Gasteiger charge is 2.26. The van der Waals surface area contributed by atoms with E-state index >= 15 is 0 Å². The summed E-state index contributed by atoms with van der Waals surface area (Å²) in [6, 6.07) is 9.82. The van der Waals surface area contributed by atoms with Crippen molar-refractivity contribution < 1.29 is 9.53 Å². The van der Waals surface area contributed by atoms with Crippen LogP contribution in [0.4, 0.5) is 5.13 Å². The molecule has 27 heavy (non-hydrogen) atoms. The Hall–Kier alpha value is -2.73. The zero-order valence-corrected chi connectivity index (χ0v) is 16.2. The SMILES string of the molecule is CC1(C)CCc2cc(CC(=O)Nc3nc(-c4ccncc4)cs3)ccc2O1. The molecule has 0 fully saturated rings. The number of nitrogens with one attached hydrogen (secondary N) is 1. The van der Waals surface area contributed by atoms with Crippen LogP contribution in [0.2, 0.25) is 0 Å². The summed E-state index contributed by atoms with van der Waals surface area (Å²) in [4.78, 5) is 20.9. The normalized spacial score (nSPS) is 14.9. The average Bonchev–Trinajstić information content (AvgIpc) is 3.10. The maximum Gasteiger partial charge on any atom is 0.230 e. The molecule has 1 aromatic carbocycles. The molecule has 2 aromatic heterocycles. The minimum Gasteiger partial charge on any atom is -0.488 e. The second kappa shape index (κ2) is 7.12. The number of aryl methyl sites for hydroxylation is 1. The van der Waals surface area contributed by atoms with Gasteiger partial charge in [0, 0.05) is 23.3 Å². The van der Waals surface area contributed by atoms with Crippen LogP contribution in [-0.2, 0) is 17.6 Å². The van der Waals surface area contributed by atoms with E-state index in [1.54, 1.807) is 12.4 Å². The molecule has 0 saturated carbocycles. The Labute approximate surface area is 162 Å². The zero-order chi connectivity index (χ0) is 18.9. The largest absolute Gasteiger partial charge is 0.488 e. The quantitative estimate of drug-likeness (QED) is 0.725. The Bertz CT molecular complexity index is 967. The number of carbonyl (C=O) groups excluding carboxylic acids is 1. The first-order chi connectivity index (χ1) is 13.0. The number of benzene rings is 1. The smallest absolute Gasteiger partial charge is 0.230 e. The van der Waals surface area contributed by atoms with E-state index in [1.807, 2.05) is 29.6 Å². The first-order valence-electron chi connectivity index (χ1n) is 8.95. The minimum atomic E-state index is -0.122. The summed E-state index contributed by atoms with van der Waals surface area (Å²) in [5.74, 6) is 0.861. The van der Waals surface area contributed by atoms with E-state index in [2.05, 4.69) is 35.2 Å².